The summed E-state index contributed by atoms with van der Waals surface area (Å²) in [5, 5.41) is 2.69. The van der Waals surface area contributed by atoms with Crippen LogP contribution in [0.25, 0.3) is 0 Å². The summed E-state index contributed by atoms with van der Waals surface area (Å²) in [6.07, 6.45) is 5.35. The van der Waals surface area contributed by atoms with Crippen molar-refractivity contribution in [2.24, 2.45) is 5.41 Å². The first-order valence-corrected chi connectivity index (χ1v) is 10.3. The van der Waals surface area contributed by atoms with Gasteiger partial charge < -0.3 is 15.1 Å². The van der Waals surface area contributed by atoms with Gasteiger partial charge in [-0.05, 0) is 55.3 Å². The van der Waals surface area contributed by atoms with Crippen molar-refractivity contribution >= 4 is 11.7 Å². The van der Waals surface area contributed by atoms with E-state index in [1.54, 1.807) is 19.3 Å². The molecule has 148 valence electrons. The minimum atomic E-state index is -0.0586. The lowest BCUT2D eigenvalue weighted by molar-refractivity contribution is 0.0671. The van der Waals surface area contributed by atoms with Crippen molar-refractivity contribution in [1.82, 2.24) is 15.2 Å². The van der Waals surface area contributed by atoms with Gasteiger partial charge in [0.15, 0.2) is 0 Å². The standard InChI is InChI=1S/C23H30N4O/c1-24-22(28)19-8-11-25-21(14-19)27-12-9-23(10-13-27)15-20(16-26(2)17-23)18-6-4-3-5-7-18/h3-8,11,14,20H,9-10,12-13,15-17H2,1-2H3,(H,24,28)/t20-/m0/s1. The van der Waals surface area contributed by atoms with Gasteiger partial charge in [0.2, 0.25) is 0 Å². The molecule has 28 heavy (non-hydrogen) atoms. The van der Waals surface area contributed by atoms with Crippen LogP contribution >= 0.6 is 0 Å². The zero-order chi connectivity index (χ0) is 19.6. The molecular weight excluding hydrogens is 348 g/mol. The lowest BCUT2D eigenvalue weighted by Gasteiger charge is -2.49. The second-order valence-corrected chi connectivity index (χ2v) is 8.48. The minimum absolute atomic E-state index is 0.0586. The van der Waals surface area contributed by atoms with E-state index >= 15 is 0 Å². The van der Waals surface area contributed by atoms with E-state index in [1.807, 2.05) is 6.07 Å². The molecule has 5 nitrogen and oxygen atoms in total. The van der Waals surface area contributed by atoms with Gasteiger partial charge in [-0.1, -0.05) is 30.3 Å². The van der Waals surface area contributed by atoms with E-state index in [2.05, 4.69) is 57.5 Å². The van der Waals surface area contributed by atoms with Crippen LogP contribution in [0.2, 0.25) is 0 Å². The van der Waals surface area contributed by atoms with Gasteiger partial charge in [-0.3, -0.25) is 4.79 Å². The number of amides is 1. The molecule has 1 amide bonds. The Hall–Kier alpha value is -2.40. The van der Waals surface area contributed by atoms with Crippen molar-refractivity contribution < 1.29 is 4.79 Å². The third-order valence-electron chi connectivity index (χ3n) is 6.47. The van der Waals surface area contributed by atoms with Crippen LogP contribution in [0.1, 0.15) is 41.1 Å². The van der Waals surface area contributed by atoms with E-state index in [9.17, 15) is 4.79 Å². The number of carbonyl (C=O) groups is 1. The van der Waals surface area contributed by atoms with Crippen molar-refractivity contribution in [2.75, 3.05) is 45.2 Å². The summed E-state index contributed by atoms with van der Waals surface area (Å²) in [6, 6.07) is 14.7. The van der Waals surface area contributed by atoms with Crippen LogP contribution in [0.5, 0.6) is 0 Å². The number of likely N-dealkylation sites (N-methyl/N-ethyl adjacent to an activating group) is 1. The Bertz CT molecular complexity index is 814. The van der Waals surface area contributed by atoms with Crippen molar-refractivity contribution in [3.05, 3.63) is 59.8 Å². The van der Waals surface area contributed by atoms with Gasteiger partial charge in [-0.15, -0.1) is 0 Å². The van der Waals surface area contributed by atoms with E-state index in [-0.39, 0.29) is 5.91 Å². The molecule has 1 spiro atoms. The van der Waals surface area contributed by atoms with Gasteiger partial charge in [0, 0.05) is 45.0 Å². The largest absolute Gasteiger partial charge is 0.357 e. The highest BCUT2D eigenvalue weighted by Crippen LogP contribution is 2.45. The van der Waals surface area contributed by atoms with Crippen molar-refractivity contribution in [3.63, 3.8) is 0 Å². The SMILES string of the molecule is CNC(=O)c1ccnc(N2CCC3(CC2)C[C@H](c2ccccc2)CN(C)C3)c1. The van der Waals surface area contributed by atoms with Gasteiger partial charge >= 0.3 is 0 Å². The lowest BCUT2D eigenvalue weighted by Crippen LogP contribution is -2.50. The lowest BCUT2D eigenvalue weighted by atomic mass is 9.68. The molecule has 0 unspecified atom stereocenters. The molecule has 5 heteroatoms. The smallest absolute Gasteiger partial charge is 0.251 e. The number of benzene rings is 1. The number of piperidine rings is 2. The van der Waals surface area contributed by atoms with Gasteiger partial charge in [-0.2, -0.15) is 0 Å². The van der Waals surface area contributed by atoms with Crippen LogP contribution in [-0.4, -0.2) is 56.1 Å². The Morgan fingerprint density at radius 1 is 1.18 bits per heavy atom. The van der Waals surface area contributed by atoms with Crippen molar-refractivity contribution in [3.8, 4) is 0 Å². The molecule has 2 fully saturated rings. The summed E-state index contributed by atoms with van der Waals surface area (Å²) >= 11 is 0. The average molecular weight is 379 g/mol. The predicted molar refractivity (Wildman–Crippen MR) is 113 cm³/mol. The van der Waals surface area contributed by atoms with Crippen LogP contribution in [-0.2, 0) is 0 Å². The Kier molecular flexibility index (Phi) is 5.36. The maximum absolute atomic E-state index is 11.9. The van der Waals surface area contributed by atoms with Gasteiger partial charge in [0.05, 0.1) is 0 Å². The van der Waals surface area contributed by atoms with Gasteiger partial charge in [0.25, 0.3) is 5.91 Å². The normalized spacial score (nSPS) is 22.2. The number of pyridine rings is 1. The fourth-order valence-corrected chi connectivity index (χ4v) is 5.06. The highest BCUT2D eigenvalue weighted by Gasteiger charge is 2.41. The fourth-order valence-electron chi connectivity index (χ4n) is 5.06. The summed E-state index contributed by atoms with van der Waals surface area (Å²) < 4.78 is 0. The first-order valence-electron chi connectivity index (χ1n) is 10.3. The van der Waals surface area contributed by atoms with Crippen molar-refractivity contribution in [2.45, 2.75) is 25.2 Å². The van der Waals surface area contributed by atoms with E-state index < -0.39 is 0 Å². The molecule has 2 aliphatic rings. The molecule has 0 saturated carbocycles. The van der Waals surface area contributed by atoms with Crippen LogP contribution in [0, 0.1) is 5.41 Å². The summed E-state index contributed by atoms with van der Waals surface area (Å²) in [6.45, 7) is 4.32. The number of carbonyl (C=O) groups excluding carboxylic acids is 1. The number of hydrogen-bond donors (Lipinski definition) is 1. The van der Waals surface area contributed by atoms with E-state index in [1.165, 1.54) is 31.4 Å². The topological polar surface area (TPSA) is 48.5 Å². The molecule has 1 atom stereocenters. The molecule has 2 aromatic rings. The second kappa shape index (κ2) is 7.92. The number of rotatable bonds is 3. The molecule has 4 rings (SSSR count). The first-order chi connectivity index (χ1) is 13.6. The van der Waals surface area contributed by atoms with Crippen LogP contribution in [0.15, 0.2) is 48.7 Å². The van der Waals surface area contributed by atoms with Crippen molar-refractivity contribution in [1.29, 1.82) is 0 Å². The fraction of sp³-hybridized carbons (Fsp3) is 0.478. The molecule has 1 aromatic heterocycles. The quantitative estimate of drug-likeness (QED) is 0.891. The third-order valence-corrected chi connectivity index (χ3v) is 6.47. The predicted octanol–water partition coefficient (Wildman–Crippen LogP) is 3.15. The van der Waals surface area contributed by atoms with E-state index in [0.717, 1.165) is 25.5 Å². The summed E-state index contributed by atoms with van der Waals surface area (Å²) in [5.41, 5.74) is 2.52. The zero-order valence-electron chi connectivity index (χ0n) is 16.9. The number of nitrogens with one attached hydrogen (secondary N) is 1. The molecule has 1 N–H and O–H groups in total. The average Bonchev–Trinajstić information content (AvgIpc) is 2.74. The number of hydrogen-bond acceptors (Lipinski definition) is 4. The Balaban J connectivity index is 1.46. The molecule has 0 radical (unpaired) electrons. The molecule has 2 aliphatic heterocycles. The molecule has 1 aromatic carbocycles. The monoisotopic (exact) mass is 378 g/mol. The molecular formula is C23H30N4O. The third kappa shape index (κ3) is 3.90. The summed E-state index contributed by atoms with van der Waals surface area (Å²) in [7, 11) is 3.92. The Labute approximate surface area is 167 Å². The van der Waals surface area contributed by atoms with Crippen LogP contribution < -0.4 is 10.2 Å². The first kappa shape index (κ1) is 18.9. The number of nitrogens with zero attached hydrogens (tertiary/aromatic N) is 3. The maximum atomic E-state index is 11.9. The minimum Gasteiger partial charge on any atom is -0.357 e. The maximum Gasteiger partial charge on any atom is 0.251 e. The molecule has 0 aliphatic carbocycles. The van der Waals surface area contributed by atoms with Crippen LogP contribution in [0.3, 0.4) is 0 Å². The zero-order valence-corrected chi connectivity index (χ0v) is 16.9. The highest BCUT2D eigenvalue weighted by atomic mass is 16.1. The second-order valence-electron chi connectivity index (χ2n) is 8.48. The van der Waals surface area contributed by atoms with E-state index in [4.69, 9.17) is 0 Å². The highest BCUT2D eigenvalue weighted by molar-refractivity contribution is 5.94. The van der Waals surface area contributed by atoms with E-state index in [0.29, 0.717) is 16.9 Å². The molecule has 0 bridgehead atoms. The number of aromatic nitrogens is 1. The van der Waals surface area contributed by atoms with Gasteiger partial charge in [-0.25, -0.2) is 4.98 Å². The number of likely N-dealkylation sites (tertiary alicyclic amines) is 1. The summed E-state index contributed by atoms with van der Waals surface area (Å²) in [4.78, 5) is 21.3. The summed E-state index contributed by atoms with van der Waals surface area (Å²) in [5.74, 6) is 1.47. The Morgan fingerprint density at radius 2 is 1.93 bits per heavy atom. The molecule has 3 heterocycles. The number of anilines is 1. The van der Waals surface area contributed by atoms with Crippen LogP contribution in [0.4, 0.5) is 5.82 Å². The van der Waals surface area contributed by atoms with Gasteiger partial charge in [0.1, 0.15) is 5.82 Å². The molecule has 2 saturated heterocycles. The Morgan fingerprint density at radius 3 is 2.64 bits per heavy atom.